The van der Waals surface area contributed by atoms with E-state index in [0.29, 0.717) is 11.6 Å². The number of anilines is 1. The third-order valence-electron chi connectivity index (χ3n) is 4.71. The minimum Gasteiger partial charge on any atom is -0.480 e. The molecule has 0 saturated carbocycles. The maximum Gasteiger partial charge on any atom is 0.237 e. The first-order valence-corrected chi connectivity index (χ1v) is 11.0. The number of ether oxygens (including phenoxy) is 1. The fourth-order valence-electron chi connectivity index (χ4n) is 3.12. The Hall–Kier alpha value is -3.60. The van der Waals surface area contributed by atoms with Gasteiger partial charge in [-0.05, 0) is 79.9 Å². The van der Waals surface area contributed by atoms with E-state index in [4.69, 9.17) is 4.74 Å². The molecule has 2 heterocycles. The number of nitrogens with one attached hydrogen (secondary N) is 1. The topological polar surface area (TPSA) is 67.3 Å². The second kappa shape index (κ2) is 9.49. The predicted molar refractivity (Wildman–Crippen MR) is 131 cm³/mol. The summed E-state index contributed by atoms with van der Waals surface area (Å²) in [5.74, 6) is 6.09. The van der Waals surface area contributed by atoms with Gasteiger partial charge >= 0.3 is 0 Å². The van der Waals surface area contributed by atoms with Crippen LogP contribution in [-0.4, -0.2) is 27.8 Å². The SMILES string of the molecule is COc1ncc(-c2ccc3nccc(C#CC(C)(C)O)c3c2)cc1NSc1ccc(F)cc1. The van der Waals surface area contributed by atoms with Crippen molar-refractivity contribution in [2.75, 3.05) is 11.8 Å². The Morgan fingerprint density at radius 1 is 1.03 bits per heavy atom. The van der Waals surface area contributed by atoms with E-state index in [-0.39, 0.29) is 5.82 Å². The molecular weight excluding hydrogens is 437 g/mol. The molecule has 33 heavy (non-hydrogen) atoms. The Bertz CT molecular complexity index is 1360. The summed E-state index contributed by atoms with van der Waals surface area (Å²) in [4.78, 5) is 9.72. The smallest absolute Gasteiger partial charge is 0.237 e. The number of rotatable bonds is 5. The second-order valence-corrected chi connectivity index (χ2v) is 8.72. The lowest BCUT2D eigenvalue weighted by molar-refractivity contribution is 0.143. The maximum atomic E-state index is 13.2. The molecule has 0 radical (unpaired) electrons. The summed E-state index contributed by atoms with van der Waals surface area (Å²) in [6, 6.07) is 15.9. The van der Waals surface area contributed by atoms with Crippen molar-refractivity contribution in [1.29, 1.82) is 0 Å². The Balaban J connectivity index is 1.69. The van der Waals surface area contributed by atoms with Crippen molar-refractivity contribution in [3.8, 4) is 28.8 Å². The van der Waals surface area contributed by atoms with Gasteiger partial charge < -0.3 is 14.6 Å². The van der Waals surface area contributed by atoms with Crippen LogP contribution in [0.1, 0.15) is 19.4 Å². The monoisotopic (exact) mass is 459 g/mol. The van der Waals surface area contributed by atoms with E-state index in [9.17, 15) is 9.50 Å². The van der Waals surface area contributed by atoms with Crippen LogP contribution >= 0.6 is 11.9 Å². The highest BCUT2D eigenvalue weighted by Crippen LogP contribution is 2.33. The van der Waals surface area contributed by atoms with E-state index in [1.54, 1.807) is 45.5 Å². The van der Waals surface area contributed by atoms with Crippen LogP contribution in [-0.2, 0) is 0 Å². The van der Waals surface area contributed by atoms with Crippen molar-refractivity contribution in [2.45, 2.75) is 24.3 Å². The average Bonchev–Trinajstić information content (AvgIpc) is 2.81. The lowest BCUT2D eigenvalue weighted by Gasteiger charge is -2.12. The van der Waals surface area contributed by atoms with Crippen LogP contribution in [0.15, 0.2) is 71.9 Å². The molecule has 0 aliphatic rings. The first-order chi connectivity index (χ1) is 15.8. The maximum absolute atomic E-state index is 13.2. The summed E-state index contributed by atoms with van der Waals surface area (Å²) in [6.45, 7) is 3.30. The highest BCUT2D eigenvalue weighted by Gasteiger charge is 2.11. The Labute approximate surface area is 196 Å². The molecule has 5 nitrogen and oxygen atoms in total. The predicted octanol–water partition coefficient (Wildman–Crippen LogP) is 5.69. The number of halogens is 1. The van der Waals surface area contributed by atoms with Crippen molar-refractivity contribution in [2.24, 2.45) is 0 Å². The van der Waals surface area contributed by atoms with Crippen LogP contribution in [0.2, 0.25) is 0 Å². The van der Waals surface area contributed by atoms with Gasteiger partial charge in [0, 0.05) is 33.8 Å². The van der Waals surface area contributed by atoms with E-state index in [1.807, 2.05) is 30.3 Å². The summed E-state index contributed by atoms with van der Waals surface area (Å²) in [7, 11) is 1.56. The molecule has 4 rings (SSSR count). The minimum atomic E-state index is -1.09. The first-order valence-electron chi connectivity index (χ1n) is 10.2. The Kier molecular flexibility index (Phi) is 6.50. The van der Waals surface area contributed by atoms with Gasteiger partial charge in [-0.25, -0.2) is 9.37 Å². The molecule has 0 saturated heterocycles. The second-order valence-electron chi connectivity index (χ2n) is 7.84. The van der Waals surface area contributed by atoms with E-state index in [2.05, 4.69) is 26.5 Å². The first kappa shape index (κ1) is 22.6. The molecule has 2 N–H and O–H groups in total. The van der Waals surface area contributed by atoms with Gasteiger partial charge in [0.1, 0.15) is 17.1 Å². The van der Waals surface area contributed by atoms with Gasteiger partial charge in [-0.1, -0.05) is 17.9 Å². The van der Waals surface area contributed by atoms with Crippen LogP contribution in [0.3, 0.4) is 0 Å². The molecule has 0 atom stereocenters. The molecule has 7 heteroatoms. The van der Waals surface area contributed by atoms with Crippen molar-refractivity contribution in [3.05, 3.63) is 78.4 Å². The molecular formula is C26H22FN3O2S. The molecule has 0 amide bonds. The molecule has 2 aromatic heterocycles. The number of aromatic nitrogens is 2. The highest BCUT2D eigenvalue weighted by molar-refractivity contribution is 8.00. The number of pyridine rings is 2. The summed E-state index contributed by atoms with van der Waals surface area (Å²) in [6.07, 6.45) is 3.45. The van der Waals surface area contributed by atoms with Gasteiger partial charge in [-0.15, -0.1) is 0 Å². The third-order valence-corrected chi connectivity index (χ3v) is 5.54. The normalized spacial score (nSPS) is 11.1. The van der Waals surface area contributed by atoms with Crippen molar-refractivity contribution < 1.29 is 14.2 Å². The third kappa shape index (κ3) is 5.61. The molecule has 4 aromatic rings. The molecule has 0 aliphatic carbocycles. The average molecular weight is 460 g/mol. The number of aliphatic hydroxyl groups is 1. The zero-order chi connectivity index (χ0) is 23.4. The fourth-order valence-corrected chi connectivity index (χ4v) is 3.76. The van der Waals surface area contributed by atoms with Gasteiger partial charge in [0.2, 0.25) is 5.88 Å². The van der Waals surface area contributed by atoms with Gasteiger partial charge in [0.05, 0.1) is 12.6 Å². The zero-order valence-electron chi connectivity index (χ0n) is 18.4. The van der Waals surface area contributed by atoms with Crippen molar-refractivity contribution in [1.82, 2.24) is 9.97 Å². The Morgan fingerprint density at radius 2 is 1.82 bits per heavy atom. The van der Waals surface area contributed by atoms with Crippen LogP contribution < -0.4 is 9.46 Å². The van der Waals surface area contributed by atoms with Crippen LogP contribution in [0.25, 0.3) is 22.0 Å². The van der Waals surface area contributed by atoms with Crippen LogP contribution in [0.4, 0.5) is 10.1 Å². The van der Waals surface area contributed by atoms with Gasteiger partial charge in [0.15, 0.2) is 0 Å². The van der Waals surface area contributed by atoms with Gasteiger partial charge in [0.25, 0.3) is 0 Å². The molecule has 166 valence electrons. The molecule has 0 aliphatic heterocycles. The van der Waals surface area contributed by atoms with E-state index < -0.39 is 5.60 Å². The quantitative estimate of drug-likeness (QED) is 0.295. The summed E-state index contributed by atoms with van der Waals surface area (Å²) in [5.41, 5.74) is 3.02. The highest BCUT2D eigenvalue weighted by atomic mass is 32.2. The van der Waals surface area contributed by atoms with Crippen LogP contribution in [0.5, 0.6) is 5.88 Å². The lowest BCUT2D eigenvalue weighted by Crippen LogP contribution is -2.14. The van der Waals surface area contributed by atoms with Crippen LogP contribution in [0, 0.1) is 17.7 Å². The van der Waals surface area contributed by atoms with Gasteiger partial charge in [-0.2, -0.15) is 0 Å². The number of benzene rings is 2. The summed E-state index contributed by atoms with van der Waals surface area (Å²) in [5, 5.41) is 10.9. The van der Waals surface area contributed by atoms with E-state index >= 15 is 0 Å². The lowest BCUT2D eigenvalue weighted by atomic mass is 10.0. The van der Waals surface area contributed by atoms with E-state index in [0.717, 1.165) is 32.5 Å². The molecule has 2 aromatic carbocycles. The fraction of sp³-hybridized carbons (Fsp3) is 0.154. The van der Waals surface area contributed by atoms with Crippen molar-refractivity contribution in [3.63, 3.8) is 0 Å². The summed E-state index contributed by atoms with van der Waals surface area (Å²) >= 11 is 1.34. The molecule has 0 spiro atoms. The van der Waals surface area contributed by atoms with E-state index in [1.165, 1.54) is 24.1 Å². The zero-order valence-corrected chi connectivity index (χ0v) is 19.2. The molecule has 0 fully saturated rings. The standard InChI is InChI=1S/C26H22FN3O2S/c1-26(2,31)12-10-17-11-13-28-23-9-4-18(14-22(17)23)19-15-24(25(32-3)29-16-19)30-33-21-7-5-20(27)6-8-21/h4-9,11,13-16,30-31H,1-3H3. The molecule has 0 unspecified atom stereocenters. The number of methoxy groups -OCH3 is 1. The van der Waals surface area contributed by atoms with Crippen molar-refractivity contribution >= 4 is 28.5 Å². The molecule has 0 bridgehead atoms. The number of nitrogens with zero attached hydrogens (tertiary/aromatic N) is 2. The Morgan fingerprint density at radius 3 is 2.55 bits per heavy atom. The summed E-state index contributed by atoms with van der Waals surface area (Å²) < 4.78 is 21.8. The number of fused-ring (bicyclic) bond motifs is 1. The number of hydrogen-bond acceptors (Lipinski definition) is 6. The number of hydrogen-bond donors (Lipinski definition) is 2. The van der Waals surface area contributed by atoms with Gasteiger partial charge in [-0.3, -0.25) is 4.98 Å². The largest absolute Gasteiger partial charge is 0.480 e. The minimum absolute atomic E-state index is 0.280.